The summed E-state index contributed by atoms with van der Waals surface area (Å²) in [6.45, 7) is 4.34. The molecule has 5 heteroatoms. The van der Waals surface area contributed by atoms with E-state index in [-0.39, 0.29) is 5.91 Å². The molecule has 1 aromatic carbocycles. The Kier molecular flexibility index (Phi) is 3.99. The van der Waals surface area contributed by atoms with Crippen LogP contribution in [0.3, 0.4) is 0 Å². The Labute approximate surface area is 128 Å². The van der Waals surface area contributed by atoms with Crippen molar-refractivity contribution in [3.8, 4) is 11.3 Å². The molecule has 0 bridgehead atoms. The second-order valence-electron chi connectivity index (χ2n) is 5.03. The van der Waals surface area contributed by atoms with Crippen LogP contribution in [0.5, 0.6) is 0 Å². The minimum Gasteiger partial charge on any atom is -0.451 e. The van der Waals surface area contributed by atoms with Crippen LogP contribution in [0.25, 0.3) is 11.3 Å². The number of ether oxygens (including phenoxy) is 1. The van der Waals surface area contributed by atoms with E-state index in [4.69, 9.17) is 20.8 Å². The van der Waals surface area contributed by atoms with Crippen LogP contribution in [0, 0.1) is 6.92 Å². The third-order valence-corrected chi connectivity index (χ3v) is 3.80. The molecule has 0 atom stereocenters. The van der Waals surface area contributed by atoms with Crippen LogP contribution in [0.15, 0.2) is 34.7 Å². The first-order chi connectivity index (χ1) is 10.1. The molecule has 1 saturated heterocycles. The number of hydrogen-bond acceptors (Lipinski definition) is 3. The molecule has 1 fully saturated rings. The summed E-state index contributed by atoms with van der Waals surface area (Å²) in [6, 6.07) is 9.14. The van der Waals surface area contributed by atoms with Gasteiger partial charge in [0.15, 0.2) is 5.76 Å². The molecule has 0 spiro atoms. The van der Waals surface area contributed by atoms with Crippen molar-refractivity contribution >= 4 is 17.5 Å². The number of benzene rings is 1. The van der Waals surface area contributed by atoms with Crippen molar-refractivity contribution in [2.75, 3.05) is 26.3 Å². The lowest BCUT2D eigenvalue weighted by Crippen LogP contribution is -2.40. The average Bonchev–Trinajstić information content (AvgIpc) is 2.97. The zero-order valence-electron chi connectivity index (χ0n) is 11.8. The number of aryl methyl sites for hydroxylation is 1. The fourth-order valence-electron chi connectivity index (χ4n) is 2.42. The molecule has 0 aliphatic carbocycles. The maximum absolute atomic E-state index is 12.3. The van der Waals surface area contributed by atoms with Crippen LogP contribution in [0.4, 0.5) is 0 Å². The largest absolute Gasteiger partial charge is 0.451 e. The van der Waals surface area contributed by atoms with Gasteiger partial charge in [0.05, 0.1) is 13.2 Å². The fraction of sp³-hybridized carbons (Fsp3) is 0.312. The summed E-state index contributed by atoms with van der Waals surface area (Å²) < 4.78 is 11.0. The molecular weight excluding hydrogens is 290 g/mol. The third-order valence-electron chi connectivity index (χ3n) is 3.57. The zero-order valence-corrected chi connectivity index (χ0v) is 12.5. The Morgan fingerprint density at radius 3 is 2.67 bits per heavy atom. The number of carbonyl (C=O) groups excluding carboxylic acids is 1. The van der Waals surface area contributed by atoms with Crippen LogP contribution in [0.2, 0.25) is 5.02 Å². The Hall–Kier alpha value is -1.78. The molecule has 21 heavy (non-hydrogen) atoms. The molecule has 4 nitrogen and oxygen atoms in total. The van der Waals surface area contributed by atoms with E-state index < -0.39 is 0 Å². The lowest BCUT2D eigenvalue weighted by Gasteiger charge is -2.25. The van der Waals surface area contributed by atoms with Crippen LogP contribution in [0.1, 0.15) is 16.1 Å². The Balaban J connectivity index is 1.84. The highest BCUT2D eigenvalue weighted by Crippen LogP contribution is 2.28. The Morgan fingerprint density at radius 2 is 1.95 bits per heavy atom. The fourth-order valence-corrected chi connectivity index (χ4v) is 2.65. The van der Waals surface area contributed by atoms with E-state index in [9.17, 15) is 4.79 Å². The lowest BCUT2D eigenvalue weighted by molar-refractivity contribution is 0.0283. The molecule has 1 aliphatic heterocycles. The number of amides is 1. The molecule has 0 radical (unpaired) electrons. The van der Waals surface area contributed by atoms with Gasteiger partial charge in [0, 0.05) is 23.7 Å². The molecule has 0 saturated carbocycles. The maximum atomic E-state index is 12.3. The number of carbonyl (C=O) groups is 1. The van der Waals surface area contributed by atoms with E-state index in [1.807, 2.05) is 31.2 Å². The van der Waals surface area contributed by atoms with Crippen LogP contribution < -0.4 is 0 Å². The lowest BCUT2D eigenvalue weighted by atomic mass is 10.1. The molecule has 1 aromatic heterocycles. The molecule has 2 heterocycles. The minimum atomic E-state index is -0.0869. The highest BCUT2D eigenvalue weighted by Gasteiger charge is 2.21. The summed E-state index contributed by atoms with van der Waals surface area (Å²) in [4.78, 5) is 14.1. The van der Waals surface area contributed by atoms with E-state index in [0.29, 0.717) is 42.8 Å². The molecule has 1 amide bonds. The normalized spacial score (nSPS) is 15.2. The summed E-state index contributed by atoms with van der Waals surface area (Å²) in [7, 11) is 0. The van der Waals surface area contributed by atoms with E-state index in [0.717, 1.165) is 11.1 Å². The summed E-state index contributed by atoms with van der Waals surface area (Å²) >= 11 is 5.96. The number of rotatable bonds is 2. The van der Waals surface area contributed by atoms with Gasteiger partial charge in [-0.2, -0.15) is 0 Å². The predicted octanol–water partition coefficient (Wildman–Crippen LogP) is 3.38. The first-order valence-corrected chi connectivity index (χ1v) is 7.26. The number of hydrogen-bond donors (Lipinski definition) is 0. The van der Waals surface area contributed by atoms with Gasteiger partial charge in [-0.15, -0.1) is 0 Å². The van der Waals surface area contributed by atoms with Gasteiger partial charge in [-0.3, -0.25) is 4.79 Å². The first-order valence-electron chi connectivity index (χ1n) is 6.88. The van der Waals surface area contributed by atoms with Gasteiger partial charge >= 0.3 is 0 Å². The van der Waals surface area contributed by atoms with E-state index >= 15 is 0 Å². The van der Waals surface area contributed by atoms with Crippen LogP contribution in [-0.4, -0.2) is 37.1 Å². The highest BCUT2D eigenvalue weighted by atomic mass is 35.5. The molecule has 2 aromatic rings. The number of nitrogens with zero attached hydrogens (tertiary/aromatic N) is 1. The number of morpholine rings is 1. The zero-order chi connectivity index (χ0) is 14.8. The van der Waals surface area contributed by atoms with Crippen molar-refractivity contribution in [1.29, 1.82) is 0 Å². The monoisotopic (exact) mass is 305 g/mol. The van der Waals surface area contributed by atoms with Gasteiger partial charge < -0.3 is 14.1 Å². The van der Waals surface area contributed by atoms with Crippen molar-refractivity contribution in [3.63, 3.8) is 0 Å². The van der Waals surface area contributed by atoms with Gasteiger partial charge in [0.2, 0.25) is 0 Å². The SMILES string of the molecule is Cc1cc(Cl)ccc1-c1ccc(C(=O)N2CCOCC2)o1. The first kappa shape index (κ1) is 14.2. The Bertz CT molecular complexity index is 659. The van der Waals surface area contributed by atoms with Crippen molar-refractivity contribution in [2.45, 2.75) is 6.92 Å². The Morgan fingerprint density at radius 1 is 1.19 bits per heavy atom. The second-order valence-corrected chi connectivity index (χ2v) is 5.46. The molecule has 1 aliphatic rings. The van der Waals surface area contributed by atoms with Crippen molar-refractivity contribution in [1.82, 2.24) is 4.90 Å². The number of furan rings is 1. The average molecular weight is 306 g/mol. The van der Waals surface area contributed by atoms with Crippen molar-refractivity contribution in [2.24, 2.45) is 0 Å². The van der Waals surface area contributed by atoms with Gasteiger partial charge in [0.25, 0.3) is 5.91 Å². The van der Waals surface area contributed by atoms with E-state index in [1.54, 1.807) is 11.0 Å². The number of halogens is 1. The predicted molar refractivity (Wildman–Crippen MR) is 80.6 cm³/mol. The van der Waals surface area contributed by atoms with E-state index in [2.05, 4.69) is 0 Å². The molecule has 0 unspecified atom stereocenters. The molecule has 0 N–H and O–H groups in total. The minimum absolute atomic E-state index is 0.0869. The van der Waals surface area contributed by atoms with Crippen molar-refractivity contribution < 1.29 is 13.9 Å². The van der Waals surface area contributed by atoms with Gasteiger partial charge in [-0.05, 0) is 42.8 Å². The molecule has 110 valence electrons. The molecular formula is C16H16ClNO3. The van der Waals surface area contributed by atoms with E-state index in [1.165, 1.54) is 0 Å². The highest BCUT2D eigenvalue weighted by molar-refractivity contribution is 6.30. The summed E-state index contributed by atoms with van der Waals surface area (Å²) in [5.74, 6) is 0.957. The summed E-state index contributed by atoms with van der Waals surface area (Å²) in [6.07, 6.45) is 0. The topological polar surface area (TPSA) is 42.7 Å². The van der Waals surface area contributed by atoms with Crippen LogP contribution in [-0.2, 0) is 4.74 Å². The third kappa shape index (κ3) is 2.96. The second kappa shape index (κ2) is 5.92. The quantitative estimate of drug-likeness (QED) is 0.854. The summed E-state index contributed by atoms with van der Waals surface area (Å²) in [5.41, 5.74) is 1.96. The summed E-state index contributed by atoms with van der Waals surface area (Å²) in [5, 5.41) is 0.687. The smallest absolute Gasteiger partial charge is 0.289 e. The molecule has 3 rings (SSSR count). The van der Waals surface area contributed by atoms with Crippen LogP contribution >= 0.6 is 11.6 Å². The van der Waals surface area contributed by atoms with Gasteiger partial charge in [0.1, 0.15) is 5.76 Å². The maximum Gasteiger partial charge on any atom is 0.289 e. The standard InChI is InChI=1S/C16H16ClNO3/c1-11-10-12(17)2-3-13(11)14-4-5-15(21-14)16(19)18-6-8-20-9-7-18/h2-5,10H,6-9H2,1H3. The van der Waals surface area contributed by atoms with Crippen molar-refractivity contribution in [3.05, 3.63) is 46.7 Å². The van der Waals surface area contributed by atoms with Gasteiger partial charge in [-0.25, -0.2) is 0 Å². The van der Waals surface area contributed by atoms with Gasteiger partial charge in [-0.1, -0.05) is 11.6 Å².